The maximum atomic E-state index is 4.12. The van der Waals surface area contributed by atoms with Gasteiger partial charge in [-0.15, -0.1) is 0 Å². The quantitative estimate of drug-likeness (QED) is 0.839. The molecule has 15 heavy (non-hydrogen) atoms. The van der Waals surface area contributed by atoms with Crippen LogP contribution in [-0.2, 0) is 4.75 Å². The van der Waals surface area contributed by atoms with E-state index in [1.54, 1.807) is 0 Å². The van der Waals surface area contributed by atoms with Crippen LogP contribution in [0.1, 0.15) is 25.0 Å². The van der Waals surface area contributed by atoms with E-state index in [9.17, 15) is 0 Å². The van der Waals surface area contributed by atoms with E-state index < -0.39 is 0 Å². The second-order valence-corrected chi connectivity index (χ2v) is 5.73. The van der Waals surface area contributed by atoms with E-state index in [1.165, 1.54) is 16.5 Å². The first-order valence-corrected chi connectivity index (χ1v) is 6.27. The largest absolute Gasteiger partial charge is 0.278 e. The molecule has 0 spiro atoms. The minimum atomic E-state index is 0.132. The molecule has 0 saturated heterocycles. The minimum Gasteiger partial charge on any atom is -0.278 e. The van der Waals surface area contributed by atoms with E-state index in [-0.39, 0.29) is 4.75 Å². The molecular weight excluding hydrogens is 204 g/mol. The summed E-state index contributed by atoms with van der Waals surface area (Å²) in [7, 11) is 0. The van der Waals surface area contributed by atoms with Gasteiger partial charge in [0.2, 0.25) is 0 Å². The Morgan fingerprint density at radius 1 is 1.33 bits per heavy atom. The van der Waals surface area contributed by atoms with E-state index in [0.717, 1.165) is 5.52 Å². The number of aryl methyl sites for hydroxylation is 1. The predicted molar refractivity (Wildman–Crippen MR) is 67.4 cm³/mol. The molecule has 0 aliphatic heterocycles. The van der Waals surface area contributed by atoms with Crippen molar-refractivity contribution < 1.29 is 0 Å². The van der Waals surface area contributed by atoms with Gasteiger partial charge in [-0.3, -0.25) is 5.10 Å². The summed E-state index contributed by atoms with van der Waals surface area (Å²) >= 11 is 1.87. The first-order chi connectivity index (χ1) is 7.06. The molecular formula is C12H16N2S. The molecule has 0 unspecified atom stereocenters. The number of H-pyrrole nitrogens is 1. The van der Waals surface area contributed by atoms with Crippen LogP contribution < -0.4 is 0 Å². The summed E-state index contributed by atoms with van der Waals surface area (Å²) in [6.07, 6.45) is 4.08. The standard InChI is InChI=1S/C12H16N2S/c1-8-5-6-10-9(7-13-14-10)11(8)12(2,3)15-4/h5-7H,1-4H3,(H,13,14). The molecule has 0 bridgehead atoms. The highest BCUT2D eigenvalue weighted by atomic mass is 32.2. The summed E-state index contributed by atoms with van der Waals surface area (Å²) in [5, 5.41) is 8.39. The van der Waals surface area contributed by atoms with Crippen LogP contribution in [0, 0.1) is 6.92 Å². The fraction of sp³-hybridized carbons (Fsp3) is 0.417. The molecule has 0 saturated carbocycles. The number of nitrogens with one attached hydrogen (secondary N) is 1. The Morgan fingerprint density at radius 2 is 2.07 bits per heavy atom. The summed E-state index contributed by atoms with van der Waals surface area (Å²) < 4.78 is 0.132. The van der Waals surface area contributed by atoms with Crippen molar-refractivity contribution in [3.05, 3.63) is 29.5 Å². The molecule has 1 N–H and O–H groups in total. The lowest BCUT2D eigenvalue weighted by Gasteiger charge is -2.25. The normalized spacial score (nSPS) is 12.3. The zero-order valence-corrected chi connectivity index (χ0v) is 10.4. The van der Waals surface area contributed by atoms with Gasteiger partial charge in [0, 0.05) is 10.1 Å². The molecule has 0 radical (unpaired) electrons. The van der Waals surface area contributed by atoms with Crippen molar-refractivity contribution in [1.82, 2.24) is 10.2 Å². The average molecular weight is 220 g/mol. The highest BCUT2D eigenvalue weighted by Gasteiger charge is 2.23. The van der Waals surface area contributed by atoms with Crippen molar-refractivity contribution in [2.75, 3.05) is 6.26 Å². The van der Waals surface area contributed by atoms with Crippen molar-refractivity contribution in [3.8, 4) is 0 Å². The molecule has 2 rings (SSSR count). The molecule has 0 aliphatic rings. The van der Waals surface area contributed by atoms with Crippen LogP contribution in [0.5, 0.6) is 0 Å². The molecule has 3 heteroatoms. The van der Waals surface area contributed by atoms with Gasteiger partial charge in [-0.1, -0.05) is 6.07 Å². The molecule has 0 amide bonds. The Morgan fingerprint density at radius 3 is 2.73 bits per heavy atom. The molecule has 80 valence electrons. The lowest BCUT2D eigenvalue weighted by Crippen LogP contribution is -2.13. The van der Waals surface area contributed by atoms with Gasteiger partial charge in [0.05, 0.1) is 11.7 Å². The lowest BCUT2D eigenvalue weighted by atomic mass is 9.94. The van der Waals surface area contributed by atoms with E-state index in [4.69, 9.17) is 0 Å². The summed E-state index contributed by atoms with van der Waals surface area (Å²) in [6.45, 7) is 6.68. The monoisotopic (exact) mass is 220 g/mol. The highest BCUT2D eigenvalue weighted by molar-refractivity contribution is 7.99. The maximum absolute atomic E-state index is 4.12. The van der Waals surface area contributed by atoms with Gasteiger partial charge in [-0.2, -0.15) is 16.9 Å². The second kappa shape index (κ2) is 3.56. The minimum absolute atomic E-state index is 0.132. The van der Waals surface area contributed by atoms with Crippen molar-refractivity contribution in [2.45, 2.75) is 25.5 Å². The third-order valence-corrected chi connectivity index (χ3v) is 4.17. The first kappa shape index (κ1) is 10.6. The lowest BCUT2D eigenvalue weighted by molar-refractivity contribution is 0.786. The van der Waals surface area contributed by atoms with Crippen LogP contribution >= 0.6 is 11.8 Å². The van der Waals surface area contributed by atoms with Crippen LogP contribution in [0.15, 0.2) is 18.3 Å². The number of thioether (sulfide) groups is 1. The number of benzene rings is 1. The Hall–Kier alpha value is -0.960. The van der Waals surface area contributed by atoms with Gasteiger partial charge in [-0.25, -0.2) is 0 Å². The van der Waals surface area contributed by atoms with E-state index in [2.05, 4.69) is 49.4 Å². The van der Waals surface area contributed by atoms with Gasteiger partial charge in [0.15, 0.2) is 0 Å². The van der Waals surface area contributed by atoms with Crippen LogP contribution in [0.2, 0.25) is 0 Å². The topological polar surface area (TPSA) is 28.7 Å². The summed E-state index contributed by atoms with van der Waals surface area (Å²) in [5.74, 6) is 0. The molecule has 2 nitrogen and oxygen atoms in total. The van der Waals surface area contributed by atoms with E-state index in [1.807, 2.05) is 18.0 Å². The SMILES string of the molecule is CSC(C)(C)c1c(C)ccc2[nH]ncc12. The number of fused-ring (bicyclic) bond motifs is 1. The Balaban J connectivity index is 2.77. The van der Waals surface area contributed by atoms with Crippen LogP contribution in [-0.4, -0.2) is 16.5 Å². The zero-order valence-electron chi connectivity index (χ0n) is 9.59. The molecule has 0 fully saturated rings. The zero-order chi connectivity index (χ0) is 11.1. The van der Waals surface area contributed by atoms with Gasteiger partial charge in [0.25, 0.3) is 0 Å². The van der Waals surface area contributed by atoms with Gasteiger partial charge in [0.1, 0.15) is 0 Å². The second-order valence-electron chi connectivity index (χ2n) is 4.30. The van der Waals surface area contributed by atoms with E-state index >= 15 is 0 Å². The molecule has 0 atom stereocenters. The third-order valence-electron chi connectivity index (χ3n) is 2.94. The molecule has 2 aromatic rings. The smallest absolute Gasteiger partial charge is 0.0653 e. The van der Waals surface area contributed by atoms with Crippen molar-refractivity contribution in [2.24, 2.45) is 0 Å². The number of aromatic amines is 1. The molecule has 1 aromatic carbocycles. The Labute approximate surface area is 94.5 Å². The van der Waals surface area contributed by atoms with Crippen molar-refractivity contribution >= 4 is 22.7 Å². The number of hydrogen-bond donors (Lipinski definition) is 1. The van der Waals surface area contributed by atoms with Crippen LogP contribution in [0.3, 0.4) is 0 Å². The van der Waals surface area contributed by atoms with Gasteiger partial charge >= 0.3 is 0 Å². The van der Waals surface area contributed by atoms with Gasteiger partial charge < -0.3 is 0 Å². The number of aromatic nitrogens is 2. The number of hydrogen-bond acceptors (Lipinski definition) is 2. The first-order valence-electron chi connectivity index (χ1n) is 5.04. The molecule has 0 aliphatic carbocycles. The summed E-state index contributed by atoms with van der Waals surface area (Å²) in [4.78, 5) is 0. The molecule has 1 aromatic heterocycles. The van der Waals surface area contributed by atoms with Gasteiger partial charge in [-0.05, 0) is 44.2 Å². The third kappa shape index (κ3) is 1.65. The summed E-state index contributed by atoms with van der Waals surface area (Å²) in [6, 6.07) is 4.26. The number of rotatable bonds is 2. The summed E-state index contributed by atoms with van der Waals surface area (Å²) in [5.41, 5.74) is 3.85. The fourth-order valence-electron chi connectivity index (χ4n) is 2.03. The Bertz CT molecular complexity index is 485. The maximum Gasteiger partial charge on any atom is 0.0653 e. The Kier molecular flexibility index (Phi) is 2.51. The molecule has 1 heterocycles. The highest BCUT2D eigenvalue weighted by Crippen LogP contribution is 2.39. The van der Waals surface area contributed by atoms with Crippen molar-refractivity contribution in [1.29, 1.82) is 0 Å². The fourth-order valence-corrected chi connectivity index (χ4v) is 2.50. The van der Waals surface area contributed by atoms with Crippen molar-refractivity contribution in [3.63, 3.8) is 0 Å². The van der Waals surface area contributed by atoms with Crippen LogP contribution in [0.4, 0.5) is 0 Å². The average Bonchev–Trinajstić information content (AvgIpc) is 2.64. The van der Waals surface area contributed by atoms with E-state index in [0.29, 0.717) is 0 Å². The number of nitrogens with zero attached hydrogens (tertiary/aromatic N) is 1. The van der Waals surface area contributed by atoms with Crippen LogP contribution in [0.25, 0.3) is 10.9 Å². The predicted octanol–water partition coefficient (Wildman–Crippen LogP) is 3.47.